The Balaban J connectivity index is 2.52. The molecule has 1 heterocycles. The molecule has 0 radical (unpaired) electrons. The number of rotatable bonds is 5. The van der Waals surface area contributed by atoms with Gasteiger partial charge in [0.05, 0.1) is 7.11 Å². The second kappa shape index (κ2) is 7.87. The summed E-state index contributed by atoms with van der Waals surface area (Å²) in [4.78, 5) is 28.7. The summed E-state index contributed by atoms with van der Waals surface area (Å²) in [6, 6.07) is 8.84. The third-order valence-corrected chi connectivity index (χ3v) is 3.94. The summed E-state index contributed by atoms with van der Waals surface area (Å²) < 4.78 is 46.5. The van der Waals surface area contributed by atoms with Crippen molar-refractivity contribution in [1.82, 2.24) is 10.3 Å². The molecule has 1 unspecified atom stereocenters. The number of alkyl halides is 3. The molecule has 0 spiro atoms. The van der Waals surface area contributed by atoms with Gasteiger partial charge in [-0.05, 0) is 50.6 Å². The van der Waals surface area contributed by atoms with Crippen LogP contribution < -0.4 is 10.6 Å². The molecular weight excluding hydrogens is 375 g/mol. The number of halogens is 3. The molecular formula is C19H20F3N3O3. The Morgan fingerprint density at radius 1 is 1.00 bits per heavy atom. The first-order valence-corrected chi connectivity index (χ1v) is 8.26. The van der Waals surface area contributed by atoms with Crippen molar-refractivity contribution in [3.63, 3.8) is 0 Å². The molecule has 0 saturated carbocycles. The van der Waals surface area contributed by atoms with E-state index in [4.69, 9.17) is 0 Å². The summed E-state index contributed by atoms with van der Waals surface area (Å²) in [5.41, 5.74) is -1.67. The molecule has 1 atom stereocenters. The highest BCUT2D eigenvalue weighted by Crippen LogP contribution is 2.33. The molecule has 150 valence electrons. The van der Waals surface area contributed by atoms with E-state index in [1.165, 1.54) is 18.2 Å². The Morgan fingerprint density at radius 2 is 1.61 bits per heavy atom. The lowest BCUT2D eigenvalue weighted by atomic mass is 10.1. The maximum Gasteiger partial charge on any atom is 0.441 e. The fraction of sp³-hybridized carbons (Fsp3) is 0.316. The second-order valence-electron chi connectivity index (χ2n) is 6.36. The average molecular weight is 395 g/mol. The van der Waals surface area contributed by atoms with Gasteiger partial charge in [0.2, 0.25) is 0 Å². The number of anilines is 1. The van der Waals surface area contributed by atoms with Crippen LogP contribution in [0.2, 0.25) is 0 Å². The third-order valence-electron chi connectivity index (χ3n) is 3.94. The smallest absolute Gasteiger partial charge is 0.441 e. The first kappa shape index (κ1) is 21.2. The van der Waals surface area contributed by atoms with E-state index >= 15 is 0 Å². The molecule has 0 aliphatic carbocycles. The number of nitrogens with zero attached hydrogens (tertiary/aromatic N) is 1. The number of amides is 1. The fourth-order valence-corrected chi connectivity index (χ4v) is 2.59. The fourth-order valence-electron chi connectivity index (χ4n) is 2.59. The van der Waals surface area contributed by atoms with Crippen LogP contribution in [0.4, 0.5) is 19.0 Å². The van der Waals surface area contributed by atoms with Gasteiger partial charge in [-0.1, -0.05) is 17.7 Å². The van der Waals surface area contributed by atoms with Crippen LogP contribution in [-0.2, 0) is 9.53 Å². The quantitative estimate of drug-likeness (QED) is 0.600. The van der Waals surface area contributed by atoms with Gasteiger partial charge in [0.1, 0.15) is 5.82 Å². The predicted molar refractivity (Wildman–Crippen MR) is 96.8 cm³/mol. The molecule has 6 nitrogen and oxygen atoms in total. The molecule has 28 heavy (non-hydrogen) atoms. The number of aromatic nitrogens is 1. The minimum atomic E-state index is -5.22. The zero-order valence-electron chi connectivity index (χ0n) is 15.8. The molecule has 2 aromatic rings. The van der Waals surface area contributed by atoms with Crippen LogP contribution in [0.1, 0.15) is 27.2 Å². The molecule has 0 fully saturated rings. The van der Waals surface area contributed by atoms with E-state index in [-0.39, 0.29) is 11.4 Å². The van der Waals surface area contributed by atoms with Gasteiger partial charge >= 0.3 is 17.8 Å². The molecule has 0 bridgehead atoms. The first-order chi connectivity index (χ1) is 13.0. The van der Waals surface area contributed by atoms with Gasteiger partial charge in [-0.25, -0.2) is 9.78 Å². The van der Waals surface area contributed by atoms with E-state index in [9.17, 15) is 22.8 Å². The van der Waals surface area contributed by atoms with Crippen LogP contribution in [0.25, 0.3) is 0 Å². The predicted octanol–water partition coefficient (Wildman–Crippen LogP) is 3.28. The van der Waals surface area contributed by atoms with E-state index in [1.807, 2.05) is 5.32 Å². The molecule has 0 aliphatic heterocycles. The lowest BCUT2D eigenvalue weighted by molar-refractivity contribution is -0.203. The van der Waals surface area contributed by atoms with Gasteiger partial charge in [-0.3, -0.25) is 4.79 Å². The molecule has 0 aliphatic rings. The van der Waals surface area contributed by atoms with E-state index < -0.39 is 23.7 Å². The topological polar surface area (TPSA) is 80.3 Å². The summed E-state index contributed by atoms with van der Waals surface area (Å²) in [7, 11) is 0.803. The van der Waals surface area contributed by atoms with Crippen LogP contribution in [0, 0.1) is 20.8 Å². The van der Waals surface area contributed by atoms with Crippen LogP contribution in [-0.4, -0.2) is 35.8 Å². The normalized spacial score (nSPS) is 13.4. The molecule has 1 amide bonds. The number of aryl methyl sites for hydroxylation is 3. The zero-order valence-corrected chi connectivity index (χ0v) is 15.8. The minimum Gasteiger partial charge on any atom is -0.466 e. The average Bonchev–Trinajstić information content (AvgIpc) is 2.59. The highest BCUT2D eigenvalue weighted by molar-refractivity contribution is 5.99. The first-order valence-electron chi connectivity index (χ1n) is 8.26. The summed E-state index contributed by atoms with van der Waals surface area (Å²) in [5.74, 6) is -3.05. The van der Waals surface area contributed by atoms with Crippen molar-refractivity contribution in [2.24, 2.45) is 0 Å². The van der Waals surface area contributed by atoms with Gasteiger partial charge in [0.25, 0.3) is 5.91 Å². The number of carbonyl (C=O) groups excluding carboxylic acids is 2. The highest BCUT2D eigenvalue weighted by Gasteiger charge is 2.63. The number of nitrogens with one attached hydrogen (secondary N) is 2. The van der Waals surface area contributed by atoms with Crippen LogP contribution in [0.5, 0.6) is 0 Å². The van der Waals surface area contributed by atoms with Gasteiger partial charge in [-0.15, -0.1) is 0 Å². The number of hydrogen-bond donors (Lipinski definition) is 2. The maximum absolute atomic E-state index is 14.0. The Morgan fingerprint density at radius 3 is 2.11 bits per heavy atom. The molecule has 2 rings (SSSR count). The van der Waals surface area contributed by atoms with Gasteiger partial charge in [0.15, 0.2) is 0 Å². The van der Waals surface area contributed by atoms with Crippen molar-refractivity contribution >= 4 is 17.7 Å². The summed E-state index contributed by atoms with van der Waals surface area (Å²) in [6.45, 7) is 5.03. The van der Waals surface area contributed by atoms with Gasteiger partial charge in [-0.2, -0.15) is 13.2 Å². The second-order valence-corrected chi connectivity index (χ2v) is 6.36. The van der Waals surface area contributed by atoms with E-state index in [1.54, 1.807) is 44.3 Å². The van der Waals surface area contributed by atoms with Crippen LogP contribution in [0.15, 0.2) is 36.4 Å². The third kappa shape index (κ3) is 4.41. The van der Waals surface area contributed by atoms with Crippen LogP contribution in [0.3, 0.4) is 0 Å². The highest BCUT2D eigenvalue weighted by atomic mass is 19.4. The summed E-state index contributed by atoms with van der Waals surface area (Å²) >= 11 is 0. The number of methoxy groups -OCH3 is 1. The van der Waals surface area contributed by atoms with E-state index in [2.05, 4.69) is 9.72 Å². The summed E-state index contributed by atoms with van der Waals surface area (Å²) in [6.07, 6.45) is -5.22. The molecule has 9 heteroatoms. The van der Waals surface area contributed by atoms with E-state index in [0.717, 1.165) is 12.7 Å². The lowest BCUT2D eigenvalue weighted by Gasteiger charge is -2.34. The Hall–Kier alpha value is -3.10. The lowest BCUT2D eigenvalue weighted by Crippen LogP contribution is -2.69. The number of hydrogen-bond acceptors (Lipinski definition) is 5. The number of ether oxygens (including phenoxy) is 1. The zero-order chi connectivity index (χ0) is 21.1. The molecule has 0 saturated heterocycles. The molecule has 2 N–H and O–H groups in total. The van der Waals surface area contributed by atoms with Crippen molar-refractivity contribution in [3.05, 3.63) is 58.8 Å². The van der Waals surface area contributed by atoms with Crippen molar-refractivity contribution in [3.8, 4) is 0 Å². The van der Waals surface area contributed by atoms with Crippen molar-refractivity contribution < 1.29 is 27.5 Å². The van der Waals surface area contributed by atoms with Crippen LogP contribution >= 0.6 is 0 Å². The number of benzene rings is 1. The number of pyridine rings is 1. The Kier molecular flexibility index (Phi) is 5.96. The maximum atomic E-state index is 14.0. The SMILES string of the molecule is COC(=O)C(NC(=O)c1ccc(C)cc1)(Nc1cc(C)cc(C)n1)C(F)(F)F. The Labute approximate surface area is 160 Å². The van der Waals surface area contributed by atoms with E-state index in [0.29, 0.717) is 11.3 Å². The Bertz CT molecular complexity index is 862. The number of carbonyl (C=O) groups is 2. The van der Waals surface area contributed by atoms with Gasteiger partial charge < -0.3 is 15.4 Å². The minimum absolute atomic E-state index is 0.0432. The number of esters is 1. The largest absolute Gasteiger partial charge is 0.466 e. The van der Waals surface area contributed by atoms with Crippen molar-refractivity contribution in [1.29, 1.82) is 0 Å². The standard InChI is InChI=1S/C19H20F3N3O3/c1-11-5-7-14(8-6-11)16(26)25-18(17(27)28-4,19(20,21)22)24-15-10-12(2)9-13(3)23-15/h5-10H,1-4H3,(H,23,24)(H,25,26). The summed E-state index contributed by atoms with van der Waals surface area (Å²) in [5, 5.41) is 3.79. The monoisotopic (exact) mass is 395 g/mol. The molecule has 1 aromatic heterocycles. The molecule has 1 aromatic carbocycles. The van der Waals surface area contributed by atoms with Crippen molar-refractivity contribution in [2.75, 3.05) is 12.4 Å². The van der Waals surface area contributed by atoms with Gasteiger partial charge in [0, 0.05) is 11.3 Å². The van der Waals surface area contributed by atoms with Crippen molar-refractivity contribution in [2.45, 2.75) is 32.6 Å².